The van der Waals surface area contributed by atoms with Crippen LogP contribution in [0.1, 0.15) is 0 Å². The molecule has 2 rings (SSSR count). The highest BCUT2D eigenvalue weighted by molar-refractivity contribution is 5.44. The first kappa shape index (κ1) is 12.4. The van der Waals surface area contributed by atoms with Gasteiger partial charge >= 0.3 is 0 Å². The molecule has 0 unspecified atom stereocenters. The SMILES string of the molecule is COc1c(O)c(=O)c1=O.O=c1c(O)c(O)c1=O. The number of hydrogen-bond donors (Lipinski definition) is 3. The van der Waals surface area contributed by atoms with Gasteiger partial charge in [-0.15, -0.1) is 0 Å². The average Bonchev–Trinajstić information content (AvgIpc) is 2.37. The Morgan fingerprint density at radius 3 is 1.24 bits per heavy atom. The van der Waals surface area contributed by atoms with E-state index in [1.807, 2.05) is 0 Å². The molecule has 0 atom stereocenters. The summed E-state index contributed by atoms with van der Waals surface area (Å²) in [6.07, 6.45) is 0. The molecular weight excluding hydrogens is 236 g/mol. The van der Waals surface area contributed by atoms with Crippen molar-refractivity contribution in [3.05, 3.63) is 40.9 Å². The molecule has 0 aliphatic rings. The first-order valence-electron chi connectivity index (χ1n) is 4.10. The fourth-order valence-electron chi connectivity index (χ4n) is 0.916. The molecule has 0 bridgehead atoms. The molecular formula is C9H6O8. The third-order valence-electron chi connectivity index (χ3n) is 1.91. The normalized spacial score (nSPS) is 9.94. The predicted octanol–water partition coefficient (Wildman–Crippen LogP) is -2.31. The number of rotatable bonds is 1. The summed E-state index contributed by atoms with van der Waals surface area (Å²) in [7, 11) is 1.22. The van der Waals surface area contributed by atoms with Crippen molar-refractivity contribution in [2.24, 2.45) is 0 Å². The molecule has 0 radical (unpaired) electrons. The summed E-state index contributed by atoms with van der Waals surface area (Å²) in [5.74, 6) is -2.45. The second kappa shape index (κ2) is 4.08. The molecule has 0 saturated carbocycles. The minimum Gasteiger partial charge on any atom is -0.501 e. The van der Waals surface area contributed by atoms with Crippen LogP contribution in [0.15, 0.2) is 19.2 Å². The molecule has 0 aromatic heterocycles. The van der Waals surface area contributed by atoms with Gasteiger partial charge in [-0.1, -0.05) is 0 Å². The van der Waals surface area contributed by atoms with Gasteiger partial charge in [0.25, 0.3) is 21.7 Å². The smallest absolute Gasteiger partial charge is 0.275 e. The fraction of sp³-hybridized carbons (Fsp3) is 0.111. The van der Waals surface area contributed by atoms with E-state index in [2.05, 4.69) is 4.74 Å². The number of ether oxygens (including phenoxy) is 1. The lowest BCUT2D eigenvalue weighted by Gasteiger charge is -2.00. The molecule has 8 heteroatoms. The summed E-state index contributed by atoms with van der Waals surface area (Å²) in [4.78, 5) is 40.4. The van der Waals surface area contributed by atoms with Crippen LogP contribution in [0.5, 0.6) is 23.0 Å². The molecule has 0 aliphatic carbocycles. The van der Waals surface area contributed by atoms with Gasteiger partial charge in [-0.25, -0.2) is 0 Å². The summed E-state index contributed by atoms with van der Waals surface area (Å²) in [5.41, 5.74) is -3.65. The standard InChI is InChI=1S/C5H4O4.C4H2O4/c1-9-5-3(7)2(6)4(5)8;5-1-2(6)4(8)3(1)7/h7H,1H3;5-6H. The van der Waals surface area contributed by atoms with Crippen molar-refractivity contribution in [2.45, 2.75) is 0 Å². The monoisotopic (exact) mass is 242 g/mol. The van der Waals surface area contributed by atoms with Crippen molar-refractivity contribution in [3.63, 3.8) is 0 Å². The van der Waals surface area contributed by atoms with Gasteiger partial charge in [-0.05, 0) is 0 Å². The fourth-order valence-corrected chi connectivity index (χ4v) is 0.916. The molecule has 0 heterocycles. The maximum absolute atomic E-state index is 10.3. The molecule has 90 valence electrons. The van der Waals surface area contributed by atoms with E-state index in [-0.39, 0.29) is 5.75 Å². The Labute approximate surface area is 92.0 Å². The van der Waals surface area contributed by atoms with Crippen molar-refractivity contribution in [2.75, 3.05) is 7.11 Å². The zero-order chi connectivity index (χ0) is 13.3. The second-order valence-corrected chi connectivity index (χ2v) is 2.90. The lowest BCUT2D eigenvalue weighted by atomic mass is 10.2. The topological polar surface area (TPSA) is 138 Å². The zero-order valence-corrected chi connectivity index (χ0v) is 8.38. The first-order valence-corrected chi connectivity index (χ1v) is 4.10. The van der Waals surface area contributed by atoms with Gasteiger partial charge < -0.3 is 20.1 Å². The Kier molecular flexibility index (Phi) is 2.98. The van der Waals surface area contributed by atoms with Gasteiger partial charge in [0, 0.05) is 0 Å². The predicted molar refractivity (Wildman–Crippen MR) is 54.3 cm³/mol. The van der Waals surface area contributed by atoms with Gasteiger partial charge in [0.05, 0.1) is 7.11 Å². The van der Waals surface area contributed by atoms with E-state index in [4.69, 9.17) is 15.3 Å². The van der Waals surface area contributed by atoms with Gasteiger partial charge in [-0.2, -0.15) is 0 Å². The second-order valence-electron chi connectivity index (χ2n) is 2.90. The van der Waals surface area contributed by atoms with Gasteiger partial charge in [0.2, 0.25) is 23.0 Å². The summed E-state index contributed by atoms with van der Waals surface area (Å²) < 4.78 is 4.34. The molecule has 0 amide bonds. The van der Waals surface area contributed by atoms with E-state index < -0.39 is 39.0 Å². The van der Waals surface area contributed by atoms with Crippen molar-refractivity contribution in [1.29, 1.82) is 0 Å². The highest BCUT2D eigenvalue weighted by Gasteiger charge is 2.20. The molecule has 2 aromatic carbocycles. The molecule has 3 N–H and O–H groups in total. The van der Waals surface area contributed by atoms with E-state index in [1.54, 1.807) is 0 Å². The number of aromatic hydroxyl groups is 3. The quantitative estimate of drug-likeness (QED) is 0.474. The van der Waals surface area contributed by atoms with Gasteiger partial charge in [-0.3, -0.25) is 19.2 Å². The molecule has 2 aromatic rings. The van der Waals surface area contributed by atoms with Crippen LogP contribution < -0.4 is 26.5 Å². The van der Waals surface area contributed by atoms with Crippen LogP contribution >= 0.6 is 0 Å². The third-order valence-corrected chi connectivity index (χ3v) is 1.91. The number of methoxy groups -OCH3 is 1. The van der Waals surface area contributed by atoms with Crippen molar-refractivity contribution in [1.82, 2.24) is 0 Å². The Hall–Kier alpha value is -2.64. The minimum atomic E-state index is -1.01. The summed E-state index contributed by atoms with van der Waals surface area (Å²) in [5, 5.41) is 25.0. The lowest BCUT2D eigenvalue weighted by Crippen LogP contribution is -2.30. The maximum Gasteiger partial charge on any atom is 0.275 e. The Morgan fingerprint density at radius 1 is 0.706 bits per heavy atom. The Bertz CT molecular complexity index is 664. The van der Waals surface area contributed by atoms with Crippen LogP contribution in [-0.2, 0) is 0 Å². The first-order chi connectivity index (χ1) is 7.82. The van der Waals surface area contributed by atoms with Crippen LogP contribution in [0.4, 0.5) is 0 Å². The highest BCUT2D eigenvalue weighted by atomic mass is 16.5. The molecule has 17 heavy (non-hydrogen) atoms. The Morgan fingerprint density at radius 2 is 1.06 bits per heavy atom. The minimum absolute atomic E-state index is 0.236. The van der Waals surface area contributed by atoms with E-state index >= 15 is 0 Å². The summed E-state index contributed by atoms with van der Waals surface area (Å²) in [6, 6.07) is 0. The zero-order valence-electron chi connectivity index (χ0n) is 8.38. The number of hydrogen-bond acceptors (Lipinski definition) is 8. The summed E-state index contributed by atoms with van der Waals surface area (Å²) in [6.45, 7) is 0. The van der Waals surface area contributed by atoms with Gasteiger partial charge in [0.15, 0.2) is 0 Å². The highest BCUT2D eigenvalue weighted by Crippen LogP contribution is 2.15. The largest absolute Gasteiger partial charge is 0.501 e. The molecule has 0 aliphatic heterocycles. The summed E-state index contributed by atoms with van der Waals surface area (Å²) >= 11 is 0. The van der Waals surface area contributed by atoms with E-state index in [1.165, 1.54) is 7.11 Å². The van der Waals surface area contributed by atoms with E-state index in [0.29, 0.717) is 0 Å². The van der Waals surface area contributed by atoms with Crippen molar-refractivity contribution in [3.8, 4) is 23.0 Å². The average molecular weight is 242 g/mol. The van der Waals surface area contributed by atoms with Crippen molar-refractivity contribution >= 4 is 0 Å². The molecule has 0 spiro atoms. The van der Waals surface area contributed by atoms with E-state index in [0.717, 1.165) is 0 Å². The van der Waals surface area contributed by atoms with Gasteiger partial charge in [0.1, 0.15) is 0 Å². The Balaban J connectivity index is 0.000000171. The molecule has 0 saturated heterocycles. The van der Waals surface area contributed by atoms with Crippen LogP contribution in [0.2, 0.25) is 0 Å². The van der Waals surface area contributed by atoms with Crippen LogP contribution in [-0.4, -0.2) is 22.4 Å². The molecule has 0 fully saturated rings. The van der Waals surface area contributed by atoms with Crippen LogP contribution in [0, 0.1) is 0 Å². The van der Waals surface area contributed by atoms with Crippen LogP contribution in [0.25, 0.3) is 0 Å². The lowest BCUT2D eigenvalue weighted by molar-refractivity contribution is 0.357. The van der Waals surface area contributed by atoms with Crippen molar-refractivity contribution < 1.29 is 20.1 Å². The molecule has 8 nitrogen and oxygen atoms in total. The maximum atomic E-state index is 10.3. The van der Waals surface area contributed by atoms with Crippen LogP contribution in [0.3, 0.4) is 0 Å². The van der Waals surface area contributed by atoms with E-state index in [9.17, 15) is 19.2 Å². The third kappa shape index (κ3) is 1.75.